The number of amides is 1. The van der Waals surface area contributed by atoms with Crippen molar-refractivity contribution in [3.8, 4) is 0 Å². The van der Waals surface area contributed by atoms with Crippen LogP contribution >= 0.6 is 0 Å². The van der Waals surface area contributed by atoms with E-state index in [2.05, 4.69) is 21.3 Å². The van der Waals surface area contributed by atoms with E-state index in [9.17, 15) is 9.18 Å². The van der Waals surface area contributed by atoms with Crippen molar-refractivity contribution in [2.75, 3.05) is 13.1 Å². The summed E-state index contributed by atoms with van der Waals surface area (Å²) in [4.78, 5) is 24.7. The Hall–Kier alpha value is -3.64. The second-order valence-electron chi connectivity index (χ2n) is 8.83. The molecule has 1 amide bonds. The van der Waals surface area contributed by atoms with Crippen LogP contribution in [-0.2, 0) is 11.3 Å². The zero-order valence-electron chi connectivity index (χ0n) is 18.9. The van der Waals surface area contributed by atoms with Crippen LogP contribution < -0.4 is 5.32 Å². The number of nitrogens with one attached hydrogen (secondary N) is 1. The van der Waals surface area contributed by atoms with Gasteiger partial charge in [-0.25, -0.2) is 4.39 Å². The molecule has 34 heavy (non-hydrogen) atoms. The summed E-state index contributed by atoms with van der Waals surface area (Å²) in [7, 11) is 0. The molecule has 6 heteroatoms. The number of likely N-dealkylation sites (tertiary alicyclic amines) is 1. The fourth-order valence-corrected chi connectivity index (χ4v) is 4.59. The summed E-state index contributed by atoms with van der Waals surface area (Å²) >= 11 is 0. The van der Waals surface area contributed by atoms with Crippen molar-refractivity contribution in [3.05, 3.63) is 108 Å². The summed E-state index contributed by atoms with van der Waals surface area (Å²) in [5, 5.41) is 4.25. The maximum Gasteiger partial charge on any atom is 0.224 e. The number of piperidine rings is 1. The first-order valence-corrected chi connectivity index (χ1v) is 11.7. The number of carbonyl (C=O) groups excluding carboxylic acids is 1. The number of carbonyl (C=O) groups is 1. The Labute approximate surface area is 198 Å². The van der Waals surface area contributed by atoms with E-state index in [0.717, 1.165) is 54.6 Å². The zero-order chi connectivity index (χ0) is 23.3. The van der Waals surface area contributed by atoms with Gasteiger partial charge < -0.3 is 5.32 Å². The van der Waals surface area contributed by atoms with Crippen LogP contribution in [0.1, 0.15) is 35.7 Å². The van der Waals surface area contributed by atoms with Crippen LogP contribution in [-0.4, -0.2) is 33.9 Å². The highest BCUT2D eigenvalue weighted by atomic mass is 19.1. The van der Waals surface area contributed by atoms with Gasteiger partial charge in [-0.2, -0.15) is 0 Å². The number of fused-ring (bicyclic) bond motifs is 1. The van der Waals surface area contributed by atoms with Crippen molar-refractivity contribution in [2.24, 2.45) is 5.92 Å². The molecule has 0 aliphatic carbocycles. The van der Waals surface area contributed by atoms with Crippen LogP contribution in [0.2, 0.25) is 0 Å². The highest BCUT2D eigenvalue weighted by molar-refractivity contribution is 5.81. The molecule has 1 saturated heterocycles. The van der Waals surface area contributed by atoms with E-state index in [1.165, 1.54) is 17.7 Å². The van der Waals surface area contributed by atoms with Gasteiger partial charge in [0.1, 0.15) is 5.82 Å². The minimum atomic E-state index is -0.439. The van der Waals surface area contributed by atoms with E-state index >= 15 is 0 Å². The average Bonchev–Trinajstić information content (AvgIpc) is 2.88. The number of halogens is 1. The van der Waals surface area contributed by atoms with Gasteiger partial charge in [-0.15, -0.1) is 0 Å². The van der Waals surface area contributed by atoms with E-state index in [0.29, 0.717) is 0 Å². The predicted octanol–water partition coefficient (Wildman–Crippen LogP) is 4.89. The minimum Gasteiger partial charge on any atom is -0.343 e. The fourth-order valence-electron chi connectivity index (χ4n) is 4.59. The molecule has 0 spiro atoms. The number of nitrogens with zero attached hydrogens (tertiary/aromatic N) is 3. The molecule has 1 N–H and O–H groups in total. The first-order chi connectivity index (χ1) is 16.7. The van der Waals surface area contributed by atoms with Crippen LogP contribution in [0.3, 0.4) is 0 Å². The van der Waals surface area contributed by atoms with Crippen LogP contribution in [0.15, 0.2) is 85.2 Å². The first-order valence-electron chi connectivity index (χ1n) is 11.7. The standard InChI is InChI=1S/C28H27FN4O/c29-24-10-7-22(8-11-24)27(26-12-9-21-5-1-2-6-25(21)31-26)32-28(34)23-13-16-33(17-14-23)19-20-4-3-15-30-18-20/h1-12,15,18,23,27H,13-14,16-17,19H2,(H,32,34). The third-order valence-electron chi connectivity index (χ3n) is 6.49. The highest BCUT2D eigenvalue weighted by Crippen LogP contribution is 2.26. The van der Waals surface area contributed by atoms with E-state index < -0.39 is 6.04 Å². The molecule has 5 nitrogen and oxygen atoms in total. The molecule has 1 aliphatic heterocycles. The van der Waals surface area contributed by atoms with E-state index in [1.54, 1.807) is 18.3 Å². The topological polar surface area (TPSA) is 58.1 Å². The lowest BCUT2D eigenvalue weighted by Crippen LogP contribution is -2.41. The lowest BCUT2D eigenvalue weighted by Gasteiger charge is -2.32. The first kappa shape index (κ1) is 22.2. The molecule has 0 radical (unpaired) electrons. The molecule has 1 atom stereocenters. The molecule has 3 heterocycles. The van der Waals surface area contributed by atoms with E-state index in [1.807, 2.05) is 48.7 Å². The van der Waals surface area contributed by atoms with Gasteiger partial charge in [-0.3, -0.25) is 19.7 Å². The zero-order valence-corrected chi connectivity index (χ0v) is 18.9. The summed E-state index contributed by atoms with van der Waals surface area (Å²) in [6.07, 6.45) is 5.27. The van der Waals surface area contributed by atoms with Crippen LogP contribution in [0.5, 0.6) is 0 Å². The molecule has 0 saturated carbocycles. The molecule has 2 aromatic carbocycles. The van der Waals surface area contributed by atoms with Gasteiger partial charge in [0, 0.05) is 30.2 Å². The Morgan fingerprint density at radius 1 is 1.00 bits per heavy atom. The van der Waals surface area contributed by atoms with Gasteiger partial charge in [0.25, 0.3) is 0 Å². The Morgan fingerprint density at radius 3 is 2.56 bits per heavy atom. The van der Waals surface area contributed by atoms with Crippen LogP contribution in [0.4, 0.5) is 4.39 Å². The van der Waals surface area contributed by atoms with E-state index in [4.69, 9.17) is 4.98 Å². The Bertz CT molecular complexity index is 1250. The fraction of sp³-hybridized carbons (Fsp3) is 0.250. The summed E-state index contributed by atoms with van der Waals surface area (Å²) in [6.45, 7) is 2.58. The highest BCUT2D eigenvalue weighted by Gasteiger charge is 2.28. The Balaban J connectivity index is 1.31. The molecule has 1 aliphatic rings. The molecule has 1 unspecified atom stereocenters. The Kier molecular flexibility index (Phi) is 6.58. The monoisotopic (exact) mass is 454 g/mol. The summed E-state index contributed by atoms with van der Waals surface area (Å²) in [6, 6.07) is 21.7. The normalized spacial score (nSPS) is 15.8. The van der Waals surface area contributed by atoms with Crippen molar-refractivity contribution in [1.29, 1.82) is 0 Å². The molecule has 172 valence electrons. The van der Waals surface area contributed by atoms with Gasteiger partial charge in [0.2, 0.25) is 5.91 Å². The summed E-state index contributed by atoms with van der Waals surface area (Å²) in [5.41, 5.74) is 3.61. The number of pyridine rings is 2. The predicted molar refractivity (Wildman–Crippen MR) is 130 cm³/mol. The van der Waals surface area contributed by atoms with E-state index in [-0.39, 0.29) is 17.6 Å². The lowest BCUT2D eigenvalue weighted by molar-refractivity contribution is -0.127. The second-order valence-corrected chi connectivity index (χ2v) is 8.83. The maximum absolute atomic E-state index is 13.6. The molecule has 2 aromatic heterocycles. The van der Waals surface area contributed by atoms with Crippen LogP contribution in [0.25, 0.3) is 10.9 Å². The van der Waals surface area contributed by atoms with Crippen molar-refractivity contribution in [2.45, 2.75) is 25.4 Å². The average molecular weight is 455 g/mol. The number of aromatic nitrogens is 2. The van der Waals surface area contributed by atoms with Crippen molar-refractivity contribution < 1.29 is 9.18 Å². The molecule has 5 rings (SSSR count). The van der Waals surface area contributed by atoms with Gasteiger partial charge in [0.05, 0.1) is 17.3 Å². The van der Waals surface area contributed by atoms with Crippen molar-refractivity contribution in [1.82, 2.24) is 20.2 Å². The number of hydrogen-bond donors (Lipinski definition) is 1. The Morgan fingerprint density at radius 2 is 1.79 bits per heavy atom. The van der Waals surface area contributed by atoms with Gasteiger partial charge >= 0.3 is 0 Å². The van der Waals surface area contributed by atoms with Gasteiger partial charge in [0.15, 0.2) is 0 Å². The molecular weight excluding hydrogens is 427 g/mol. The molecule has 4 aromatic rings. The molecule has 0 bridgehead atoms. The molecular formula is C28H27FN4O. The van der Waals surface area contributed by atoms with Crippen molar-refractivity contribution >= 4 is 16.8 Å². The third-order valence-corrected chi connectivity index (χ3v) is 6.49. The summed E-state index contributed by atoms with van der Waals surface area (Å²) < 4.78 is 13.6. The quantitative estimate of drug-likeness (QED) is 0.451. The number of rotatable bonds is 6. The lowest BCUT2D eigenvalue weighted by atomic mass is 9.94. The number of para-hydroxylation sites is 1. The largest absolute Gasteiger partial charge is 0.343 e. The van der Waals surface area contributed by atoms with Crippen LogP contribution in [0, 0.1) is 11.7 Å². The summed E-state index contributed by atoms with van der Waals surface area (Å²) in [5.74, 6) is -0.347. The third kappa shape index (κ3) is 5.13. The molecule has 1 fully saturated rings. The smallest absolute Gasteiger partial charge is 0.224 e. The second kappa shape index (κ2) is 10.1. The van der Waals surface area contributed by atoms with Gasteiger partial charge in [-0.1, -0.05) is 42.5 Å². The number of hydrogen-bond acceptors (Lipinski definition) is 4. The minimum absolute atomic E-state index is 0.0188. The number of benzene rings is 2. The van der Waals surface area contributed by atoms with Gasteiger partial charge in [-0.05, 0) is 67.4 Å². The van der Waals surface area contributed by atoms with Crippen molar-refractivity contribution in [3.63, 3.8) is 0 Å². The SMILES string of the molecule is O=C(NC(c1ccc(F)cc1)c1ccc2ccccc2n1)C1CCN(Cc2cccnc2)CC1. The maximum atomic E-state index is 13.6.